The average molecular weight is 195 g/mol. The van der Waals surface area contributed by atoms with Gasteiger partial charge in [-0.3, -0.25) is 0 Å². The second-order valence-corrected chi connectivity index (χ2v) is 2.94. The number of aromatic nitrogens is 5. The van der Waals surface area contributed by atoms with Crippen LogP contribution in [-0.2, 0) is 0 Å². The SMILES string of the molecule is Nc1nc(N)nc(-c2cnns2)n1. The van der Waals surface area contributed by atoms with E-state index in [9.17, 15) is 0 Å². The summed E-state index contributed by atoms with van der Waals surface area (Å²) in [7, 11) is 0. The van der Waals surface area contributed by atoms with E-state index in [-0.39, 0.29) is 11.9 Å². The summed E-state index contributed by atoms with van der Waals surface area (Å²) in [5.41, 5.74) is 10.8. The van der Waals surface area contributed by atoms with E-state index < -0.39 is 0 Å². The maximum absolute atomic E-state index is 5.39. The molecule has 7 nitrogen and oxygen atoms in total. The number of nitrogen functional groups attached to an aromatic ring is 2. The second kappa shape index (κ2) is 2.90. The van der Waals surface area contributed by atoms with Gasteiger partial charge in [-0.15, -0.1) is 5.10 Å². The van der Waals surface area contributed by atoms with Gasteiger partial charge in [0, 0.05) is 0 Å². The smallest absolute Gasteiger partial charge is 0.225 e. The Morgan fingerprint density at radius 2 is 1.77 bits per heavy atom. The molecule has 0 amide bonds. The van der Waals surface area contributed by atoms with Gasteiger partial charge in [-0.25, -0.2) is 0 Å². The minimum absolute atomic E-state index is 0.0934. The standard InChI is InChI=1S/C5H5N7S/c6-4-9-3(10-5(7)11-4)2-1-8-12-13-2/h1H,(H4,6,7,9,10,11). The van der Waals surface area contributed by atoms with Gasteiger partial charge < -0.3 is 11.5 Å². The molecule has 0 aromatic carbocycles. The van der Waals surface area contributed by atoms with Crippen LogP contribution < -0.4 is 11.5 Å². The van der Waals surface area contributed by atoms with Crippen molar-refractivity contribution in [2.24, 2.45) is 0 Å². The molecule has 0 saturated carbocycles. The minimum atomic E-state index is 0.0934. The quantitative estimate of drug-likeness (QED) is 0.633. The van der Waals surface area contributed by atoms with Crippen molar-refractivity contribution in [1.82, 2.24) is 24.5 Å². The van der Waals surface area contributed by atoms with Crippen LogP contribution in [0.25, 0.3) is 10.7 Å². The maximum atomic E-state index is 5.39. The first-order valence-corrected chi connectivity index (χ1v) is 4.08. The highest BCUT2D eigenvalue weighted by molar-refractivity contribution is 7.09. The van der Waals surface area contributed by atoms with Crippen molar-refractivity contribution in [3.63, 3.8) is 0 Å². The molecule has 2 aromatic rings. The van der Waals surface area contributed by atoms with E-state index in [0.717, 1.165) is 0 Å². The fourth-order valence-electron chi connectivity index (χ4n) is 0.785. The van der Waals surface area contributed by atoms with E-state index in [0.29, 0.717) is 10.7 Å². The van der Waals surface area contributed by atoms with Crippen LogP contribution in [-0.4, -0.2) is 24.5 Å². The summed E-state index contributed by atoms with van der Waals surface area (Å²) < 4.78 is 3.67. The maximum Gasteiger partial charge on any atom is 0.225 e. The molecule has 0 aliphatic rings. The summed E-state index contributed by atoms with van der Waals surface area (Å²) in [6.07, 6.45) is 1.54. The van der Waals surface area contributed by atoms with Crippen LogP contribution in [0.3, 0.4) is 0 Å². The zero-order valence-corrected chi connectivity index (χ0v) is 7.19. The predicted molar refractivity (Wildman–Crippen MR) is 47.6 cm³/mol. The van der Waals surface area contributed by atoms with Crippen LogP contribution in [0.15, 0.2) is 6.20 Å². The first-order valence-electron chi connectivity index (χ1n) is 3.30. The molecule has 0 atom stereocenters. The lowest BCUT2D eigenvalue weighted by molar-refractivity contribution is 1.09. The summed E-state index contributed by atoms with van der Waals surface area (Å²) >= 11 is 1.17. The summed E-state index contributed by atoms with van der Waals surface area (Å²) in [5.74, 6) is 0.590. The lowest BCUT2D eigenvalue weighted by Gasteiger charge is -1.96. The van der Waals surface area contributed by atoms with Gasteiger partial charge in [-0.1, -0.05) is 4.49 Å². The summed E-state index contributed by atoms with van der Waals surface area (Å²) in [4.78, 5) is 12.1. The van der Waals surface area contributed by atoms with Crippen molar-refractivity contribution in [2.75, 3.05) is 11.5 Å². The molecular formula is C5H5N7S. The van der Waals surface area contributed by atoms with E-state index >= 15 is 0 Å². The molecule has 0 aliphatic carbocycles. The van der Waals surface area contributed by atoms with Gasteiger partial charge in [0.25, 0.3) is 0 Å². The summed E-state index contributed by atoms with van der Waals surface area (Å²) in [6.45, 7) is 0. The zero-order valence-electron chi connectivity index (χ0n) is 6.38. The van der Waals surface area contributed by atoms with Crippen LogP contribution in [0.4, 0.5) is 11.9 Å². The molecule has 0 saturated heterocycles. The molecule has 2 aromatic heterocycles. The zero-order chi connectivity index (χ0) is 9.26. The Bertz CT molecular complexity index is 391. The van der Waals surface area contributed by atoms with E-state index in [2.05, 4.69) is 24.5 Å². The molecular weight excluding hydrogens is 190 g/mol. The lowest BCUT2D eigenvalue weighted by atomic mass is 10.5. The van der Waals surface area contributed by atoms with E-state index in [1.165, 1.54) is 11.5 Å². The van der Waals surface area contributed by atoms with Gasteiger partial charge in [0.05, 0.1) is 6.20 Å². The molecule has 2 heterocycles. The van der Waals surface area contributed by atoms with Crippen molar-refractivity contribution in [1.29, 1.82) is 0 Å². The van der Waals surface area contributed by atoms with Crippen molar-refractivity contribution in [3.05, 3.63) is 6.20 Å². The molecule has 0 aliphatic heterocycles. The summed E-state index contributed by atoms with van der Waals surface area (Å²) in [5, 5.41) is 3.64. The van der Waals surface area contributed by atoms with E-state index in [1.807, 2.05) is 0 Å². The van der Waals surface area contributed by atoms with Crippen LogP contribution >= 0.6 is 11.5 Å². The highest BCUT2D eigenvalue weighted by Crippen LogP contribution is 2.17. The van der Waals surface area contributed by atoms with Crippen LogP contribution in [0, 0.1) is 0 Å². The van der Waals surface area contributed by atoms with Gasteiger partial charge in [-0.05, 0) is 11.5 Å². The largest absolute Gasteiger partial charge is 0.368 e. The van der Waals surface area contributed by atoms with Crippen LogP contribution in [0.1, 0.15) is 0 Å². The number of nitrogens with zero attached hydrogens (tertiary/aromatic N) is 5. The number of anilines is 2. The molecule has 66 valence electrons. The van der Waals surface area contributed by atoms with Crippen molar-refractivity contribution in [2.45, 2.75) is 0 Å². The molecule has 0 spiro atoms. The number of hydrogen-bond donors (Lipinski definition) is 2. The van der Waals surface area contributed by atoms with E-state index in [1.54, 1.807) is 6.20 Å². The topological polar surface area (TPSA) is 116 Å². The van der Waals surface area contributed by atoms with Gasteiger partial charge in [-0.2, -0.15) is 15.0 Å². The van der Waals surface area contributed by atoms with Crippen molar-refractivity contribution in [3.8, 4) is 10.7 Å². The highest BCUT2D eigenvalue weighted by Gasteiger charge is 2.06. The minimum Gasteiger partial charge on any atom is -0.368 e. The number of hydrogen-bond acceptors (Lipinski definition) is 8. The average Bonchev–Trinajstić information content (AvgIpc) is 2.53. The molecule has 0 bridgehead atoms. The Balaban J connectivity index is 2.53. The Morgan fingerprint density at radius 1 is 1.08 bits per heavy atom. The monoisotopic (exact) mass is 195 g/mol. The van der Waals surface area contributed by atoms with Crippen molar-refractivity contribution < 1.29 is 0 Å². The molecule has 0 fully saturated rings. The third kappa shape index (κ3) is 1.51. The molecule has 8 heteroatoms. The normalized spacial score (nSPS) is 10.2. The second-order valence-electron chi connectivity index (χ2n) is 2.16. The third-order valence-corrected chi connectivity index (χ3v) is 1.91. The number of rotatable bonds is 1. The molecule has 13 heavy (non-hydrogen) atoms. The van der Waals surface area contributed by atoms with Crippen LogP contribution in [0.5, 0.6) is 0 Å². The lowest BCUT2D eigenvalue weighted by Crippen LogP contribution is -2.03. The fraction of sp³-hybridized carbons (Fsp3) is 0. The van der Waals surface area contributed by atoms with Crippen LogP contribution in [0.2, 0.25) is 0 Å². The Hall–Kier alpha value is -1.83. The number of nitrogens with two attached hydrogens (primary N) is 2. The Labute approximate surface area is 77.0 Å². The first kappa shape index (κ1) is 7.80. The molecule has 0 radical (unpaired) electrons. The van der Waals surface area contributed by atoms with Crippen molar-refractivity contribution >= 4 is 23.4 Å². The molecule has 4 N–H and O–H groups in total. The van der Waals surface area contributed by atoms with Gasteiger partial charge in [0.15, 0.2) is 5.82 Å². The van der Waals surface area contributed by atoms with Gasteiger partial charge in [0.2, 0.25) is 11.9 Å². The van der Waals surface area contributed by atoms with E-state index in [4.69, 9.17) is 11.5 Å². The summed E-state index contributed by atoms with van der Waals surface area (Å²) in [6, 6.07) is 0. The Morgan fingerprint density at radius 3 is 2.31 bits per heavy atom. The predicted octanol–water partition coefficient (Wildman–Crippen LogP) is -0.446. The molecule has 2 rings (SSSR count). The highest BCUT2D eigenvalue weighted by atomic mass is 32.1. The fourth-order valence-corrected chi connectivity index (χ4v) is 1.23. The third-order valence-electron chi connectivity index (χ3n) is 1.25. The first-order chi connectivity index (χ1) is 6.25. The van der Waals surface area contributed by atoms with Gasteiger partial charge in [0.1, 0.15) is 4.88 Å². The molecule has 0 unspecified atom stereocenters. The Kier molecular flexibility index (Phi) is 1.74. The van der Waals surface area contributed by atoms with Gasteiger partial charge >= 0.3 is 0 Å².